The summed E-state index contributed by atoms with van der Waals surface area (Å²) >= 11 is 0. The summed E-state index contributed by atoms with van der Waals surface area (Å²) in [4.78, 5) is 54.0. The van der Waals surface area contributed by atoms with Crippen LogP contribution in [0.3, 0.4) is 0 Å². The number of carbonyl (C=O) groups excluding carboxylic acids is 4. The van der Waals surface area contributed by atoms with E-state index in [1.807, 2.05) is 45.5 Å². The number of esters is 1. The predicted molar refractivity (Wildman–Crippen MR) is 209 cm³/mol. The third-order valence-electron chi connectivity index (χ3n) is 13.6. The van der Waals surface area contributed by atoms with Gasteiger partial charge in [-0.15, -0.1) is 0 Å². The average Bonchev–Trinajstić information content (AvgIpc) is 4.03. The summed E-state index contributed by atoms with van der Waals surface area (Å²) in [5.74, 6) is 0.0955. The number of nitrogens with zero attached hydrogens (tertiary/aromatic N) is 2. The maximum absolute atomic E-state index is 14.0. The number of methoxy groups -OCH3 is 1. The van der Waals surface area contributed by atoms with Gasteiger partial charge in [-0.3, -0.25) is 14.4 Å². The Bertz CT molecular complexity index is 2490. The molecule has 3 atom stereocenters. The van der Waals surface area contributed by atoms with Crippen LogP contribution in [0, 0.1) is 11.8 Å². The lowest BCUT2D eigenvalue weighted by Gasteiger charge is -2.37. The topological polar surface area (TPSA) is 153 Å². The van der Waals surface area contributed by atoms with Gasteiger partial charge in [-0.25, -0.2) is 4.79 Å². The largest absolute Gasteiger partial charge is 0.467 e. The van der Waals surface area contributed by atoms with Crippen molar-refractivity contribution < 1.29 is 33.8 Å². The van der Waals surface area contributed by atoms with Crippen LogP contribution in [0.2, 0.25) is 0 Å². The fraction of sp³-hybridized carbons (Fsp3) is 0.488. The second kappa shape index (κ2) is 12.5. The summed E-state index contributed by atoms with van der Waals surface area (Å²) < 4.78 is 16.0. The molecule has 5 aromatic rings. The van der Waals surface area contributed by atoms with Gasteiger partial charge in [0.15, 0.2) is 5.72 Å². The molecule has 2 saturated carbocycles. The number of hydrogen-bond donors (Lipinski definition) is 4. The van der Waals surface area contributed by atoms with Gasteiger partial charge in [0.2, 0.25) is 17.4 Å². The number of nitrogens with one attached hydrogen (secondary N) is 3. The molecule has 12 nitrogen and oxygen atoms in total. The molecule has 3 aliphatic heterocycles. The molecule has 2 bridgehead atoms. The first-order valence-corrected chi connectivity index (χ1v) is 20.1. The number of hydrogen-bond acceptors (Lipinski definition) is 7. The van der Waals surface area contributed by atoms with E-state index < -0.39 is 23.5 Å². The fourth-order valence-corrected chi connectivity index (χ4v) is 10.9. The lowest BCUT2D eigenvalue weighted by atomic mass is 9.88. The second-order valence-electron chi connectivity index (χ2n) is 16.7. The molecule has 55 heavy (non-hydrogen) atoms. The van der Waals surface area contributed by atoms with Gasteiger partial charge in [-0.1, -0.05) is 51.4 Å². The molecular formula is C43H47N5O7. The zero-order valence-corrected chi connectivity index (χ0v) is 31.4. The normalized spacial score (nSPS) is 24.7. The Morgan fingerprint density at radius 3 is 2.05 bits per heavy atom. The molecule has 5 heterocycles. The number of amides is 3. The number of anilines is 2. The van der Waals surface area contributed by atoms with Crippen molar-refractivity contribution in [3.05, 3.63) is 47.5 Å². The van der Waals surface area contributed by atoms with Crippen molar-refractivity contribution in [2.45, 2.75) is 114 Å². The van der Waals surface area contributed by atoms with Gasteiger partial charge in [0.05, 0.1) is 34.7 Å². The lowest BCUT2D eigenvalue weighted by molar-refractivity contribution is -0.202. The number of carbonyl (C=O) groups is 4. The minimum Gasteiger partial charge on any atom is -0.467 e. The van der Waals surface area contributed by atoms with Gasteiger partial charge in [0.25, 0.3) is 5.91 Å². The Kier molecular flexibility index (Phi) is 7.88. The van der Waals surface area contributed by atoms with E-state index in [1.54, 1.807) is 6.92 Å². The van der Waals surface area contributed by atoms with E-state index in [0.717, 1.165) is 51.0 Å². The van der Waals surface area contributed by atoms with Crippen LogP contribution in [0.4, 0.5) is 11.4 Å². The van der Waals surface area contributed by atoms with E-state index in [-0.39, 0.29) is 30.7 Å². The SMILES string of the molecule is COC(=O)C1(O)CC2OC1(C)n1c3ccc(NC(=O)CCC4CCCC4)cc3c3c4c(c5c6cc(NC(=O)CCC7CCCC7)ccc6n2c5c31)C(=O)NC4. The first-order chi connectivity index (χ1) is 26.6. The molecule has 2 aliphatic carbocycles. The van der Waals surface area contributed by atoms with Crippen LogP contribution in [0.5, 0.6) is 0 Å². The molecule has 0 spiro atoms. The highest BCUT2D eigenvalue weighted by Crippen LogP contribution is 2.58. The lowest BCUT2D eigenvalue weighted by Crippen LogP contribution is -2.56. The molecule has 3 amide bonds. The molecule has 2 aromatic heterocycles. The Labute approximate surface area is 317 Å². The van der Waals surface area contributed by atoms with Crippen LogP contribution >= 0.6 is 0 Å². The molecule has 4 N–H and O–H groups in total. The van der Waals surface area contributed by atoms with Gasteiger partial charge in [0.1, 0.15) is 6.23 Å². The minimum absolute atomic E-state index is 0.0407. The molecule has 3 aromatic carbocycles. The number of fused-ring (bicyclic) bond motifs is 13. The molecule has 5 aliphatic rings. The predicted octanol–water partition coefficient (Wildman–Crippen LogP) is 7.47. The average molecular weight is 746 g/mol. The van der Waals surface area contributed by atoms with Gasteiger partial charge < -0.3 is 39.7 Å². The Hall–Kier alpha value is -4.94. The number of ether oxygens (including phenoxy) is 2. The zero-order chi connectivity index (χ0) is 37.8. The second-order valence-corrected chi connectivity index (χ2v) is 16.7. The highest BCUT2D eigenvalue weighted by molar-refractivity contribution is 6.31. The first kappa shape index (κ1) is 34.5. The first-order valence-electron chi connectivity index (χ1n) is 20.1. The van der Waals surface area contributed by atoms with E-state index in [9.17, 15) is 24.3 Å². The third-order valence-corrected chi connectivity index (χ3v) is 13.6. The van der Waals surface area contributed by atoms with E-state index in [4.69, 9.17) is 9.47 Å². The molecule has 12 heteroatoms. The van der Waals surface area contributed by atoms with E-state index in [0.29, 0.717) is 52.6 Å². The van der Waals surface area contributed by atoms with Gasteiger partial charge >= 0.3 is 5.97 Å². The quantitative estimate of drug-likeness (QED) is 0.114. The molecule has 0 radical (unpaired) electrons. The van der Waals surface area contributed by atoms with Crippen LogP contribution in [-0.4, -0.2) is 50.6 Å². The van der Waals surface area contributed by atoms with Gasteiger partial charge in [0, 0.05) is 58.7 Å². The van der Waals surface area contributed by atoms with Crippen molar-refractivity contribution in [3.63, 3.8) is 0 Å². The maximum atomic E-state index is 14.0. The number of benzene rings is 3. The summed E-state index contributed by atoms with van der Waals surface area (Å²) in [5.41, 5.74) is 1.74. The van der Waals surface area contributed by atoms with Crippen molar-refractivity contribution in [1.82, 2.24) is 14.5 Å². The highest BCUT2D eigenvalue weighted by Gasteiger charge is 2.66. The smallest absolute Gasteiger partial charge is 0.343 e. The van der Waals surface area contributed by atoms with Crippen molar-refractivity contribution in [2.24, 2.45) is 11.8 Å². The summed E-state index contributed by atoms with van der Waals surface area (Å²) in [5, 5.41) is 24.8. The van der Waals surface area contributed by atoms with E-state index in [2.05, 4.69) is 16.0 Å². The van der Waals surface area contributed by atoms with Crippen molar-refractivity contribution in [1.29, 1.82) is 0 Å². The van der Waals surface area contributed by atoms with Crippen LogP contribution in [-0.2, 0) is 36.1 Å². The molecule has 3 unspecified atom stereocenters. The summed E-state index contributed by atoms with van der Waals surface area (Å²) in [6.45, 7) is 1.99. The number of aromatic nitrogens is 2. The number of rotatable bonds is 9. The summed E-state index contributed by atoms with van der Waals surface area (Å²) in [6.07, 6.45) is 11.4. The number of aliphatic hydroxyl groups is 1. The zero-order valence-electron chi connectivity index (χ0n) is 31.4. The van der Waals surface area contributed by atoms with E-state index in [1.165, 1.54) is 58.5 Å². The van der Waals surface area contributed by atoms with Crippen LogP contribution in [0.25, 0.3) is 43.6 Å². The summed E-state index contributed by atoms with van der Waals surface area (Å²) in [7, 11) is 1.26. The molecule has 286 valence electrons. The van der Waals surface area contributed by atoms with Crippen LogP contribution in [0.15, 0.2) is 36.4 Å². The molecular weight excluding hydrogens is 699 g/mol. The monoisotopic (exact) mass is 745 g/mol. The molecule has 1 saturated heterocycles. The maximum Gasteiger partial charge on any atom is 0.343 e. The summed E-state index contributed by atoms with van der Waals surface area (Å²) in [6, 6.07) is 11.4. The van der Waals surface area contributed by atoms with Gasteiger partial charge in [-0.2, -0.15) is 0 Å². The van der Waals surface area contributed by atoms with Crippen molar-refractivity contribution in [3.8, 4) is 0 Å². The fourth-order valence-electron chi connectivity index (χ4n) is 10.9. The van der Waals surface area contributed by atoms with Crippen molar-refractivity contribution in [2.75, 3.05) is 17.7 Å². The van der Waals surface area contributed by atoms with Crippen LogP contribution in [0.1, 0.15) is 113 Å². The van der Waals surface area contributed by atoms with Crippen molar-refractivity contribution >= 4 is 78.7 Å². The third kappa shape index (κ3) is 5.02. The molecule has 3 fully saturated rings. The standard InChI is InChI=1S/C43H47N5O7/c1-42-43(53,41(52)54-2)21-34(55-42)47-30-15-13-25(45-32(49)17-11-23-7-3-4-8-23)19-27(30)36-37-29(22-44-40(37)51)35-28-20-26(14-16-31(28)48(42)39(35)38(36)47)46-33(50)18-12-24-9-5-6-10-24/h13-16,19-20,23-24,34,53H,3-12,17-18,21-22H2,1-2H3,(H,44,51)(H,45,49)(H,46,50). The highest BCUT2D eigenvalue weighted by atomic mass is 16.6. The Balaban J connectivity index is 1.18. The Morgan fingerprint density at radius 2 is 1.45 bits per heavy atom. The Morgan fingerprint density at radius 1 is 0.873 bits per heavy atom. The van der Waals surface area contributed by atoms with E-state index >= 15 is 0 Å². The van der Waals surface area contributed by atoms with Gasteiger partial charge in [-0.05, 0) is 73.6 Å². The van der Waals surface area contributed by atoms with Crippen LogP contribution < -0.4 is 16.0 Å². The molecule has 10 rings (SSSR count). The minimum atomic E-state index is -2.08.